The van der Waals surface area contributed by atoms with Crippen LogP contribution in [0.25, 0.3) is 11.2 Å². The third-order valence-corrected chi connectivity index (χ3v) is 7.27. The van der Waals surface area contributed by atoms with E-state index in [2.05, 4.69) is 24.1 Å². The lowest BCUT2D eigenvalue weighted by Crippen LogP contribution is -2.51. The van der Waals surface area contributed by atoms with Gasteiger partial charge in [-0.05, 0) is 47.5 Å². The number of imidazole rings is 1. The summed E-state index contributed by atoms with van der Waals surface area (Å²) in [6.45, 7) is 12.7. The van der Waals surface area contributed by atoms with Gasteiger partial charge in [-0.1, -0.05) is 0 Å². The summed E-state index contributed by atoms with van der Waals surface area (Å²) in [4.78, 5) is 44.5. The van der Waals surface area contributed by atoms with Crippen molar-refractivity contribution in [2.75, 3.05) is 49.5 Å². The molecule has 2 aromatic heterocycles. The van der Waals surface area contributed by atoms with E-state index in [4.69, 9.17) is 19.4 Å². The van der Waals surface area contributed by atoms with E-state index in [0.29, 0.717) is 63.0 Å². The van der Waals surface area contributed by atoms with Crippen LogP contribution < -0.4 is 10.2 Å². The largest absolute Gasteiger partial charge is 0.444 e. The van der Waals surface area contributed by atoms with Crippen LogP contribution in [-0.2, 0) is 9.47 Å². The average Bonchev–Trinajstić information content (AvgIpc) is 3.49. The van der Waals surface area contributed by atoms with Crippen molar-refractivity contribution in [1.82, 2.24) is 29.3 Å². The molecule has 13 heteroatoms. The number of ether oxygens (including phenoxy) is 2. The highest BCUT2D eigenvalue weighted by atomic mass is 16.6. The Labute approximate surface area is 228 Å². The first kappa shape index (κ1) is 27.2. The Bertz CT molecular complexity index is 1200. The number of rotatable bonds is 5. The van der Waals surface area contributed by atoms with Gasteiger partial charge in [-0.25, -0.2) is 14.6 Å². The second kappa shape index (κ2) is 10.7. The molecule has 3 fully saturated rings. The van der Waals surface area contributed by atoms with Crippen LogP contribution in [0.4, 0.5) is 21.4 Å². The number of amides is 2. The molecule has 2 N–H and O–H groups in total. The third-order valence-electron chi connectivity index (χ3n) is 7.27. The number of aliphatic hydroxyl groups excluding tert-OH is 1. The summed E-state index contributed by atoms with van der Waals surface area (Å²) in [6, 6.07) is 0.304. The summed E-state index contributed by atoms with van der Waals surface area (Å²) >= 11 is 0. The third kappa shape index (κ3) is 6.13. The van der Waals surface area contributed by atoms with Crippen molar-refractivity contribution in [2.45, 2.75) is 83.8 Å². The van der Waals surface area contributed by atoms with Gasteiger partial charge >= 0.3 is 12.2 Å². The smallest absolute Gasteiger partial charge is 0.410 e. The zero-order valence-corrected chi connectivity index (χ0v) is 23.5. The Morgan fingerprint density at radius 2 is 1.72 bits per heavy atom. The number of nitrogens with one attached hydrogen (secondary N) is 1. The Morgan fingerprint density at radius 3 is 2.36 bits per heavy atom. The molecule has 214 valence electrons. The minimum Gasteiger partial charge on any atom is -0.444 e. The van der Waals surface area contributed by atoms with Gasteiger partial charge in [0.2, 0.25) is 5.95 Å². The van der Waals surface area contributed by atoms with Crippen LogP contribution in [0, 0.1) is 0 Å². The molecule has 1 atom stereocenters. The van der Waals surface area contributed by atoms with Crippen molar-refractivity contribution < 1.29 is 24.2 Å². The van der Waals surface area contributed by atoms with Crippen molar-refractivity contribution in [3.05, 3.63) is 6.33 Å². The molecule has 0 aromatic carbocycles. The standard InChI is InChI=1S/C26H40N8O5/c1-16(2)34-15-27-20-21(29-23(30-22(20)34)33-12-18(35)13-33)28-17-6-9-31(10-7-17)24(36)38-19-8-11-32(14-19)25(37)39-26(3,4)5/h15-19,35H,6-14H2,1-5H3,(H,28,29,30)/t19-/m0/s1. The number of nitrogens with zero attached hydrogens (tertiary/aromatic N) is 7. The van der Waals surface area contributed by atoms with E-state index in [0.717, 1.165) is 18.5 Å². The van der Waals surface area contributed by atoms with Gasteiger partial charge < -0.3 is 39.2 Å². The normalized spacial score (nSPS) is 21.0. The number of β-amino-alcohol motifs (C(OH)–C–C–N with tert-alkyl or cyclic N) is 1. The first-order valence-corrected chi connectivity index (χ1v) is 13.8. The number of carbonyl (C=O) groups excluding carboxylic acids is 2. The Kier molecular flexibility index (Phi) is 7.45. The molecule has 5 heterocycles. The average molecular weight is 545 g/mol. The molecule has 0 spiro atoms. The molecule has 5 rings (SSSR count). The molecule has 13 nitrogen and oxygen atoms in total. The number of piperidine rings is 1. The lowest BCUT2D eigenvalue weighted by Gasteiger charge is -2.36. The van der Waals surface area contributed by atoms with Crippen LogP contribution >= 0.6 is 0 Å². The first-order chi connectivity index (χ1) is 18.5. The molecule has 3 aliphatic rings. The SMILES string of the molecule is CC(C)n1cnc2c(NC3CCN(C(=O)O[C@H]4CCN(C(=O)OC(C)(C)C)C4)CC3)nc(N3CC(O)C3)nc21. The van der Waals surface area contributed by atoms with E-state index in [1.807, 2.05) is 30.2 Å². The van der Waals surface area contributed by atoms with Gasteiger partial charge in [0.05, 0.1) is 19.0 Å². The van der Waals surface area contributed by atoms with Crippen molar-refractivity contribution >= 4 is 35.1 Å². The molecule has 3 saturated heterocycles. The van der Waals surface area contributed by atoms with Crippen molar-refractivity contribution in [3.63, 3.8) is 0 Å². The van der Waals surface area contributed by atoms with E-state index in [9.17, 15) is 14.7 Å². The molecule has 3 aliphatic heterocycles. The fourth-order valence-electron chi connectivity index (χ4n) is 5.08. The number of hydrogen-bond donors (Lipinski definition) is 2. The van der Waals surface area contributed by atoms with Crippen LogP contribution in [0.3, 0.4) is 0 Å². The predicted molar refractivity (Wildman–Crippen MR) is 145 cm³/mol. The second-order valence-corrected chi connectivity index (χ2v) is 12.0. The molecule has 0 radical (unpaired) electrons. The van der Waals surface area contributed by atoms with Crippen LogP contribution in [0.1, 0.15) is 59.9 Å². The summed E-state index contributed by atoms with van der Waals surface area (Å²) in [5.74, 6) is 1.25. The number of fused-ring (bicyclic) bond motifs is 1. The van der Waals surface area contributed by atoms with Crippen molar-refractivity contribution in [2.24, 2.45) is 0 Å². The van der Waals surface area contributed by atoms with Gasteiger partial charge in [0.1, 0.15) is 11.7 Å². The van der Waals surface area contributed by atoms with Crippen LogP contribution in [0.2, 0.25) is 0 Å². The highest BCUT2D eigenvalue weighted by Crippen LogP contribution is 2.28. The zero-order chi connectivity index (χ0) is 27.9. The summed E-state index contributed by atoms with van der Waals surface area (Å²) in [7, 11) is 0. The highest BCUT2D eigenvalue weighted by molar-refractivity contribution is 5.84. The molecule has 0 saturated carbocycles. The minimum absolute atomic E-state index is 0.111. The maximum atomic E-state index is 12.8. The van der Waals surface area contributed by atoms with Gasteiger partial charge in [0.25, 0.3) is 0 Å². The fourth-order valence-corrected chi connectivity index (χ4v) is 5.08. The summed E-state index contributed by atoms with van der Waals surface area (Å²) in [5.41, 5.74) is 0.915. The van der Waals surface area contributed by atoms with E-state index in [1.54, 1.807) is 16.1 Å². The summed E-state index contributed by atoms with van der Waals surface area (Å²) in [5, 5.41) is 13.3. The maximum absolute atomic E-state index is 12.8. The van der Waals surface area contributed by atoms with Crippen molar-refractivity contribution in [1.29, 1.82) is 0 Å². The molecular formula is C26H40N8O5. The van der Waals surface area contributed by atoms with Gasteiger partial charge in [-0.3, -0.25) is 0 Å². The number of aromatic nitrogens is 4. The second-order valence-electron chi connectivity index (χ2n) is 12.0. The quantitative estimate of drug-likeness (QED) is 0.578. The van der Waals surface area contributed by atoms with Crippen molar-refractivity contribution in [3.8, 4) is 0 Å². The highest BCUT2D eigenvalue weighted by Gasteiger charge is 2.34. The molecule has 2 aromatic rings. The van der Waals surface area contributed by atoms with E-state index in [1.165, 1.54) is 0 Å². The molecular weight excluding hydrogens is 504 g/mol. The topological polar surface area (TPSA) is 138 Å². The van der Waals surface area contributed by atoms with Gasteiger partial charge in [0.15, 0.2) is 17.0 Å². The monoisotopic (exact) mass is 544 g/mol. The van der Waals surface area contributed by atoms with Crippen LogP contribution in [0.5, 0.6) is 0 Å². The fraction of sp³-hybridized carbons (Fsp3) is 0.731. The first-order valence-electron chi connectivity index (χ1n) is 13.8. The number of carbonyl (C=O) groups is 2. The predicted octanol–water partition coefficient (Wildman–Crippen LogP) is 2.61. The number of aliphatic hydroxyl groups is 1. The minimum atomic E-state index is -0.560. The summed E-state index contributed by atoms with van der Waals surface area (Å²) in [6.07, 6.45) is 2.45. The lowest BCUT2D eigenvalue weighted by atomic mass is 10.1. The number of anilines is 2. The molecule has 39 heavy (non-hydrogen) atoms. The van der Waals surface area contributed by atoms with Crippen LogP contribution in [-0.4, -0.2) is 110 Å². The van der Waals surface area contributed by atoms with E-state index < -0.39 is 5.60 Å². The Balaban J connectivity index is 1.17. The molecule has 0 bridgehead atoms. The molecule has 0 unspecified atom stereocenters. The Morgan fingerprint density at radius 1 is 1.03 bits per heavy atom. The van der Waals surface area contributed by atoms with Gasteiger partial charge in [-0.15, -0.1) is 0 Å². The maximum Gasteiger partial charge on any atom is 0.410 e. The number of hydrogen-bond acceptors (Lipinski definition) is 10. The molecule has 2 amide bonds. The van der Waals surface area contributed by atoms with Crippen LogP contribution in [0.15, 0.2) is 6.33 Å². The van der Waals surface area contributed by atoms with E-state index in [-0.39, 0.29) is 36.5 Å². The lowest BCUT2D eigenvalue weighted by molar-refractivity contribution is 0.0235. The Hall–Kier alpha value is -3.35. The van der Waals surface area contributed by atoms with E-state index >= 15 is 0 Å². The molecule has 0 aliphatic carbocycles. The zero-order valence-electron chi connectivity index (χ0n) is 23.5. The van der Waals surface area contributed by atoms with Gasteiger partial charge in [0, 0.05) is 51.2 Å². The van der Waals surface area contributed by atoms with Gasteiger partial charge in [-0.2, -0.15) is 9.97 Å². The summed E-state index contributed by atoms with van der Waals surface area (Å²) < 4.78 is 13.2. The number of likely N-dealkylation sites (tertiary alicyclic amines) is 2.